The van der Waals surface area contributed by atoms with Gasteiger partial charge in [0.1, 0.15) is 5.82 Å². The van der Waals surface area contributed by atoms with E-state index < -0.39 is 23.6 Å². The minimum absolute atomic E-state index is 0.226. The monoisotopic (exact) mass is 524 g/mol. The van der Waals surface area contributed by atoms with Crippen LogP contribution in [0, 0.1) is 17.7 Å². The lowest BCUT2D eigenvalue weighted by Gasteiger charge is -2.29. The smallest absolute Gasteiger partial charge is 0.309 e. The fourth-order valence-corrected chi connectivity index (χ4v) is 6.47. The molecule has 0 aromatic heterocycles. The second kappa shape index (κ2) is 13.2. The highest BCUT2D eigenvalue weighted by Crippen LogP contribution is 2.41. The van der Waals surface area contributed by atoms with Crippen LogP contribution < -0.4 is 0 Å². The molecule has 2 aromatic rings. The molecule has 0 heterocycles. The van der Waals surface area contributed by atoms with Gasteiger partial charge in [-0.25, -0.2) is 4.39 Å². The zero-order chi connectivity index (χ0) is 27.1. The lowest BCUT2D eigenvalue weighted by atomic mass is 9.77. The summed E-state index contributed by atoms with van der Waals surface area (Å²) in [5.41, 5.74) is 2.04. The first kappa shape index (κ1) is 28.7. The molecule has 2 saturated carbocycles. The minimum atomic E-state index is -3.71. The zero-order valence-electron chi connectivity index (χ0n) is 23.0. The van der Waals surface area contributed by atoms with Crippen molar-refractivity contribution in [2.45, 2.75) is 102 Å². The topological polar surface area (TPSA) is 9.23 Å². The standard InChI is InChI=1S/C34H43F3O/c1-4-6-8-26-11-15-30(16-12-26)31-21-22-32(33(35)23-31)34(36,37)38-24(3)27-17-19-29(20-18-27)28-13-9-25(7-5-2)10-14-28/h4-5,7,17-26,28,30H,1,6,8-16H2,2-3H3/b7-5+. The molecule has 1 unspecified atom stereocenters. The van der Waals surface area contributed by atoms with Crippen LogP contribution in [0.15, 0.2) is 67.3 Å². The van der Waals surface area contributed by atoms with E-state index in [0.29, 0.717) is 23.3 Å². The van der Waals surface area contributed by atoms with E-state index in [9.17, 15) is 4.39 Å². The van der Waals surface area contributed by atoms with Gasteiger partial charge < -0.3 is 4.74 Å². The van der Waals surface area contributed by atoms with Crippen LogP contribution in [0.1, 0.15) is 118 Å². The molecule has 2 aliphatic rings. The van der Waals surface area contributed by atoms with E-state index in [4.69, 9.17) is 4.74 Å². The molecule has 2 aromatic carbocycles. The van der Waals surface area contributed by atoms with Gasteiger partial charge >= 0.3 is 6.11 Å². The Morgan fingerprint density at radius 3 is 2.13 bits per heavy atom. The Kier molecular flexibility index (Phi) is 9.92. The van der Waals surface area contributed by atoms with Gasteiger partial charge in [0.2, 0.25) is 0 Å². The van der Waals surface area contributed by atoms with Crippen molar-refractivity contribution >= 4 is 0 Å². The average molecular weight is 525 g/mol. The molecule has 0 saturated heterocycles. The molecule has 0 amide bonds. The summed E-state index contributed by atoms with van der Waals surface area (Å²) >= 11 is 0. The number of benzene rings is 2. The highest BCUT2D eigenvalue weighted by Gasteiger charge is 2.38. The number of halogens is 3. The molecule has 0 radical (unpaired) electrons. The molecule has 206 valence electrons. The van der Waals surface area contributed by atoms with Crippen LogP contribution in [0.25, 0.3) is 0 Å². The van der Waals surface area contributed by atoms with Crippen molar-refractivity contribution < 1.29 is 17.9 Å². The number of ether oxygens (including phenoxy) is 1. The van der Waals surface area contributed by atoms with Crippen molar-refractivity contribution in [1.29, 1.82) is 0 Å². The number of hydrogen-bond acceptors (Lipinski definition) is 1. The minimum Gasteiger partial charge on any atom is -0.309 e. The van der Waals surface area contributed by atoms with Gasteiger partial charge in [-0.15, -0.1) is 6.58 Å². The van der Waals surface area contributed by atoms with Crippen LogP contribution in [-0.2, 0) is 10.8 Å². The summed E-state index contributed by atoms with van der Waals surface area (Å²) in [5, 5.41) is 0. The molecular weight excluding hydrogens is 481 g/mol. The summed E-state index contributed by atoms with van der Waals surface area (Å²) in [6, 6.07) is 12.0. The Morgan fingerprint density at radius 2 is 1.53 bits per heavy atom. The summed E-state index contributed by atoms with van der Waals surface area (Å²) < 4.78 is 50.3. The van der Waals surface area contributed by atoms with Crippen molar-refractivity contribution in [1.82, 2.24) is 0 Å². The Labute approximate surface area is 227 Å². The van der Waals surface area contributed by atoms with E-state index in [1.165, 1.54) is 30.5 Å². The van der Waals surface area contributed by atoms with Gasteiger partial charge in [-0.05, 0) is 131 Å². The van der Waals surface area contributed by atoms with Crippen LogP contribution in [0.3, 0.4) is 0 Å². The molecule has 4 rings (SSSR count). The van der Waals surface area contributed by atoms with E-state index in [-0.39, 0.29) is 5.92 Å². The Morgan fingerprint density at radius 1 is 0.921 bits per heavy atom. The van der Waals surface area contributed by atoms with Crippen LogP contribution in [0.2, 0.25) is 0 Å². The Hall–Kier alpha value is -2.33. The molecule has 2 fully saturated rings. The predicted octanol–water partition coefficient (Wildman–Crippen LogP) is 10.7. The molecule has 0 spiro atoms. The molecule has 0 aliphatic heterocycles. The van der Waals surface area contributed by atoms with Gasteiger partial charge in [0.15, 0.2) is 0 Å². The van der Waals surface area contributed by atoms with E-state index in [0.717, 1.165) is 56.9 Å². The number of alkyl halides is 2. The first-order valence-electron chi connectivity index (χ1n) is 14.5. The van der Waals surface area contributed by atoms with Crippen LogP contribution >= 0.6 is 0 Å². The fraction of sp³-hybridized carbons (Fsp3) is 0.529. The highest BCUT2D eigenvalue weighted by atomic mass is 19.3. The molecule has 1 atom stereocenters. The summed E-state index contributed by atoms with van der Waals surface area (Å²) in [4.78, 5) is 0. The van der Waals surface area contributed by atoms with Crippen molar-refractivity contribution in [2.75, 3.05) is 0 Å². The molecule has 1 nitrogen and oxygen atoms in total. The molecule has 4 heteroatoms. The third kappa shape index (κ3) is 7.20. The van der Waals surface area contributed by atoms with E-state index in [1.807, 2.05) is 30.3 Å². The lowest BCUT2D eigenvalue weighted by molar-refractivity contribution is -0.273. The SMILES string of the molecule is C=CCCC1CCC(c2ccc(C(F)(F)OC(C)c3ccc(C4CCC(/C=C/C)CC4)cc3)c(F)c2)CC1. The normalized spacial score (nSPS) is 25.4. The average Bonchev–Trinajstić information content (AvgIpc) is 2.92. The second-order valence-electron chi connectivity index (χ2n) is 11.4. The first-order chi connectivity index (χ1) is 18.3. The van der Waals surface area contributed by atoms with Crippen molar-refractivity contribution in [3.05, 3.63) is 95.3 Å². The van der Waals surface area contributed by atoms with Crippen molar-refractivity contribution in [3.63, 3.8) is 0 Å². The van der Waals surface area contributed by atoms with Gasteiger partial charge in [0.05, 0.1) is 11.7 Å². The maximum Gasteiger partial charge on any atom is 0.386 e. The van der Waals surface area contributed by atoms with E-state index in [1.54, 1.807) is 13.0 Å². The molecule has 0 N–H and O–H groups in total. The quantitative estimate of drug-likeness (QED) is 0.281. The lowest BCUT2D eigenvalue weighted by Crippen LogP contribution is -2.22. The van der Waals surface area contributed by atoms with Gasteiger partial charge in [-0.1, -0.05) is 48.6 Å². The highest BCUT2D eigenvalue weighted by molar-refractivity contribution is 5.30. The molecule has 0 bridgehead atoms. The number of allylic oxidation sites excluding steroid dienone is 3. The maximum atomic E-state index is 15.1. The largest absolute Gasteiger partial charge is 0.386 e. The second-order valence-corrected chi connectivity index (χ2v) is 11.4. The molecular formula is C34H43F3O. The Bertz CT molecular complexity index is 1060. The molecule has 38 heavy (non-hydrogen) atoms. The summed E-state index contributed by atoms with van der Waals surface area (Å²) in [6.45, 7) is 7.46. The van der Waals surface area contributed by atoms with Crippen LogP contribution in [-0.4, -0.2) is 0 Å². The third-order valence-electron chi connectivity index (χ3n) is 8.84. The van der Waals surface area contributed by atoms with E-state index in [2.05, 4.69) is 25.7 Å². The summed E-state index contributed by atoms with van der Waals surface area (Å²) in [5.74, 6) is 1.20. The van der Waals surface area contributed by atoms with Crippen molar-refractivity contribution in [2.24, 2.45) is 11.8 Å². The van der Waals surface area contributed by atoms with Crippen LogP contribution in [0.5, 0.6) is 0 Å². The van der Waals surface area contributed by atoms with E-state index >= 15 is 8.78 Å². The van der Waals surface area contributed by atoms with Gasteiger partial charge in [0, 0.05) is 0 Å². The fourth-order valence-electron chi connectivity index (χ4n) is 6.47. The maximum absolute atomic E-state index is 15.1. The van der Waals surface area contributed by atoms with Gasteiger partial charge in [-0.3, -0.25) is 0 Å². The number of hydrogen-bond donors (Lipinski definition) is 0. The third-order valence-corrected chi connectivity index (χ3v) is 8.84. The zero-order valence-corrected chi connectivity index (χ0v) is 23.0. The summed E-state index contributed by atoms with van der Waals surface area (Å²) in [7, 11) is 0. The molecule has 2 aliphatic carbocycles. The van der Waals surface area contributed by atoms with Crippen molar-refractivity contribution in [3.8, 4) is 0 Å². The van der Waals surface area contributed by atoms with Gasteiger partial charge in [0.25, 0.3) is 0 Å². The van der Waals surface area contributed by atoms with Crippen LogP contribution in [0.4, 0.5) is 13.2 Å². The van der Waals surface area contributed by atoms with Gasteiger partial charge in [-0.2, -0.15) is 8.78 Å². The predicted molar refractivity (Wildman–Crippen MR) is 150 cm³/mol. The summed E-state index contributed by atoms with van der Waals surface area (Å²) in [6.07, 6.45) is 12.8. The Balaban J connectivity index is 1.35. The number of rotatable bonds is 10. The first-order valence-corrected chi connectivity index (χ1v) is 14.5.